The summed E-state index contributed by atoms with van der Waals surface area (Å²) < 4.78 is 0. The molecular formula is C14H16O. The lowest BCUT2D eigenvalue weighted by Gasteiger charge is -2.21. The first kappa shape index (κ1) is 11.6. The maximum Gasteiger partial charge on any atom is 0.123 e. The van der Waals surface area contributed by atoms with Crippen molar-refractivity contribution in [2.45, 2.75) is 20.0 Å². The highest BCUT2D eigenvalue weighted by Gasteiger charge is 2.21. The van der Waals surface area contributed by atoms with Crippen LogP contribution in [0.3, 0.4) is 0 Å². The Hall–Kier alpha value is -1.52. The lowest BCUT2D eigenvalue weighted by molar-refractivity contribution is 0.135. The van der Waals surface area contributed by atoms with Gasteiger partial charge in [0.1, 0.15) is 6.10 Å². The van der Waals surface area contributed by atoms with Crippen LogP contribution in [0.2, 0.25) is 0 Å². The zero-order valence-corrected chi connectivity index (χ0v) is 9.20. The van der Waals surface area contributed by atoms with Crippen LogP contribution < -0.4 is 0 Å². The Morgan fingerprint density at radius 3 is 2.47 bits per heavy atom. The number of rotatable bonds is 2. The van der Waals surface area contributed by atoms with Gasteiger partial charge in [0.05, 0.1) is 0 Å². The average molecular weight is 200 g/mol. The quantitative estimate of drug-likeness (QED) is 0.574. The van der Waals surface area contributed by atoms with Crippen LogP contribution >= 0.6 is 0 Å². The van der Waals surface area contributed by atoms with Gasteiger partial charge in [0, 0.05) is 11.0 Å². The van der Waals surface area contributed by atoms with Gasteiger partial charge in [-0.25, -0.2) is 0 Å². The van der Waals surface area contributed by atoms with E-state index in [0.29, 0.717) is 0 Å². The van der Waals surface area contributed by atoms with Crippen LogP contribution in [0, 0.1) is 17.3 Å². The van der Waals surface area contributed by atoms with Gasteiger partial charge >= 0.3 is 0 Å². The molecule has 0 aliphatic carbocycles. The first-order valence-corrected chi connectivity index (χ1v) is 4.94. The molecule has 0 saturated heterocycles. The molecule has 1 N–H and O–H groups in total. The van der Waals surface area contributed by atoms with Crippen LogP contribution in [0.5, 0.6) is 0 Å². The fourth-order valence-corrected chi connectivity index (χ4v) is 0.971. The minimum Gasteiger partial charge on any atom is -0.379 e. The highest BCUT2D eigenvalue weighted by molar-refractivity contribution is 5.35. The molecule has 15 heavy (non-hydrogen) atoms. The number of aliphatic hydroxyl groups excluding tert-OH is 1. The summed E-state index contributed by atoms with van der Waals surface area (Å²) in [7, 11) is 0. The van der Waals surface area contributed by atoms with Crippen LogP contribution in [0.1, 0.15) is 19.4 Å². The second-order valence-electron chi connectivity index (χ2n) is 4.06. The standard InChI is InChI=1S/C14H16O/c1-4-14(2,3)13(15)11-10-12-8-6-5-7-9-12/h4-9,13,15H,1H2,2-3H3. The third kappa shape index (κ3) is 3.27. The molecule has 0 saturated carbocycles. The smallest absolute Gasteiger partial charge is 0.123 e. The van der Waals surface area contributed by atoms with E-state index in [1.807, 2.05) is 44.2 Å². The third-order valence-corrected chi connectivity index (χ3v) is 2.36. The van der Waals surface area contributed by atoms with Crippen LogP contribution in [0.25, 0.3) is 0 Å². The summed E-state index contributed by atoms with van der Waals surface area (Å²) in [5.41, 5.74) is 0.540. The van der Waals surface area contributed by atoms with E-state index in [1.54, 1.807) is 6.08 Å². The molecule has 1 rings (SSSR count). The summed E-state index contributed by atoms with van der Waals surface area (Å²) in [6, 6.07) is 9.63. The Labute approximate surface area is 91.5 Å². The van der Waals surface area contributed by atoms with Crippen molar-refractivity contribution in [3.05, 3.63) is 48.6 Å². The van der Waals surface area contributed by atoms with Crippen molar-refractivity contribution in [1.29, 1.82) is 0 Å². The van der Waals surface area contributed by atoms with Gasteiger partial charge in [0.25, 0.3) is 0 Å². The molecular weight excluding hydrogens is 184 g/mol. The van der Waals surface area contributed by atoms with Crippen molar-refractivity contribution < 1.29 is 5.11 Å². The Bertz CT molecular complexity index is 379. The molecule has 0 fully saturated rings. The third-order valence-electron chi connectivity index (χ3n) is 2.36. The van der Waals surface area contributed by atoms with Gasteiger partial charge in [0.2, 0.25) is 0 Å². The molecule has 1 aromatic carbocycles. The summed E-state index contributed by atoms with van der Waals surface area (Å²) in [5.74, 6) is 5.76. The molecule has 1 nitrogen and oxygen atoms in total. The molecule has 0 aliphatic rings. The lowest BCUT2D eigenvalue weighted by atomic mass is 9.87. The van der Waals surface area contributed by atoms with E-state index in [9.17, 15) is 5.11 Å². The van der Waals surface area contributed by atoms with Gasteiger partial charge in [-0.15, -0.1) is 6.58 Å². The van der Waals surface area contributed by atoms with Gasteiger partial charge in [-0.3, -0.25) is 0 Å². The molecule has 1 atom stereocenters. The minimum atomic E-state index is -0.685. The first-order valence-electron chi connectivity index (χ1n) is 4.94. The highest BCUT2D eigenvalue weighted by Crippen LogP contribution is 2.20. The van der Waals surface area contributed by atoms with Crippen molar-refractivity contribution in [2.75, 3.05) is 0 Å². The second-order valence-corrected chi connectivity index (χ2v) is 4.06. The lowest BCUT2D eigenvalue weighted by Crippen LogP contribution is -2.25. The number of aliphatic hydroxyl groups is 1. The Balaban J connectivity index is 2.79. The molecule has 0 radical (unpaired) electrons. The fourth-order valence-electron chi connectivity index (χ4n) is 0.971. The molecule has 0 heterocycles. The van der Waals surface area contributed by atoms with E-state index in [4.69, 9.17) is 0 Å². The summed E-state index contributed by atoms with van der Waals surface area (Å²) in [6.45, 7) is 7.49. The van der Waals surface area contributed by atoms with E-state index >= 15 is 0 Å². The normalized spacial score (nSPS) is 12.5. The van der Waals surface area contributed by atoms with E-state index in [1.165, 1.54) is 0 Å². The molecule has 0 aliphatic heterocycles. The summed E-state index contributed by atoms with van der Waals surface area (Å²) in [6.07, 6.45) is 1.03. The van der Waals surface area contributed by atoms with Crippen LogP contribution in [0.4, 0.5) is 0 Å². The Kier molecular flexibility index (Phi) is 3.71. The zero-order chi connectivity index (χ0) is 11.3. The predicted molar refractivity (Wildman–Crippen MR) is 63.3 cm³/mol. The molecule has 78 valence electrons. The summed E-state index contributed by atoms with van der Waals surface area (Å²) in [5, 5.41) is 9.79. The van der Waals surface area contributed by atoms with Crippen molar-refractivity contribution in [2.24, 2.45) is 5.41 Å². The topological polar surface area (TPSA) is 20.2 Å². The van der Waals surface area contributed by atoms with Gasteiger partial charge in [-0.1, -0.05) is 50.0 Å². The van der Waals surface area contributed by atoms with Gasteiger partial charge in [0.15, 0.2) is 0 Å². The second kappa shape index (κ2) is 4.82. The molecule has 1 heteroatoms. The largest absolute Gasteiger partial charge is 0.379 e. The molecule has 1 unspecified atom stereocenters. The van der Waals surface area contributed by atoms with Gasteiger partial charge in [-0.05, 0) is 12.1 Å². The fraction of sp³-hybridized carbons (Fsp3) is 0.286. The molecule has 0 bridgehead atoms. The molecule has 0 aromatic heterocycles. The van der Waals surface area contributed by atoms with Crippen LogP contribution in [-0.2, 0) is 0 Å². The van der Waals surface area contributed by atoms with Gasteiger partial charge < -0.3 is 5.11 Å². The Morgan fingerprint density at radius 2 is 1.93 bits per heavy atom. The predicted octanol–water partition coefficient (Wildman–Crippen LogP) is 2.61. The maximum atomic E-state index is 9.79. The first-order chi connectivity index (χ1) is 7.06. The zero-order valence-electron chi connectivity index (χ0n) is 9.20. The highest BCUT2D eigenvalue weighted by atomic mass is 16.3. The van der Waals surface area contributed by atoms with E-state index in [2.05, 4.69) is 18.4 Å². The van der Waals surface area contributed by atoms with Crippen molar-refractivity contribution in [3.63, 3.8) is 0 Å². The van der Waals surface area contributed by atoms with Crippen molar-refractivity contribution >= 4 is 0 Å². The van der Waals surface area contributed by atoms with Crippen LogP contribution in [0.15, 0.2) is 43.0 Å². The molecule has 0 amide bonds. The summed E-state index contributed by atoms with van der Waals surface area (Å²) >= 11 is 0. The summed E-state index contributed by atoms with van der Waals surface area (Å²) in [4.78, 5) is 0. The molecule has 1 aromatic rings. The van der Waals surface area contributed by atoms with Gasteiger partial charge in [-0.2, -0.15) is 0 Å². The number of benzene rings is 1. The van der Waals surface area contributed by atoms with Crippen molar-refractivity contribution in [1.82, 2.24) is 0 Å². The molecule has 0 spiro atoms. The Morgan fingerprint density at radius 1 is 1.33 bits per heavy atom. The van der Waals surface area contributed by atoms with Crippen molar-refractivity contribution in [3.8, 4) is 11.8 Å². The van der Waals surface area contributed by atoms with E-state index in [-0.39, 0.29) is 5.41 Å². The number of hydrogen-bond donors (Lipinski definition) is 1. The van der Waals surface area contributed by atoms with Crippen LogP contribution in [-0.4, -0.2) is 11.2 Å². The maximum absolute atomic E-state index is 9.79. The van der Waals surface area contributed by atoms with E-state index < -0.39 is 6.10 Å². The minimum absolute atomic E-state index is 0.373. The van der Waals surface area contributed by atoms with E-state index in [0.717, 1.165) is 5.56 Å². The monoisotopic (exact) mass is 200 g/mol. The average Bonchev–Trinajstić information content (AvgIpc) is 2.27. The number of hydrogen-bond acceptors (Lipinski definition) is 1. The SMILES string of the molecule is C=CC(C)(C)C(O)C#Cc1ccccc1.